The molecule has 0 aliphatic carbocycles. The van der Waals surface area contributed by atoms with Gasteiger partial charge in [0.15, 0.2) is 0 Å². The van der Waals surface area contributed by atoms with Crippen molar-refractivity contribution in [1.82, 2.24) is 20.3 Å². The van der Waals surface area contributed by atoms with Crippen molar-refractivity contribution < 1.29 is 14.4 Å². The summed E-state index contributed by atoms with van der Waals surface area (Å²) >= 11 is 0. The minimum Gasteiger partial charge on any atom is -0.350 e. The molecule has 142 valence electrons. The van der Waals surface area contributed by atoms with Gasteiger partial charge in [-0.05, 0) is 24.6 Å². The molecule has 2 N–H and O–H groups in total. The fraction of sp³-hybridized carbons (Fsp3) is 0.190. The van der Waals surface area contributed by atoms with Crippen LogP contribution in [0.5, 0.6) is 0 Å². The Morgan fingerprint density at radius 1 is 1.11 bits per heavy atom. The number of benzene rings is 2. The molecule has 0 fully saturated rings. The van der Waals surface area contributed by atoms with Crippen molar-refractivity contribution in [2.24, 2.45) is 7.05 Å². The third-order valence-electron chi connectivity index (χ3n) is 5.27. The second-order valence-corrected chi connectivity index (χ2v) is 6.84. The average Bonchev–Trinajstić information content (AvgIpc) is 3.20. The Bertz CT molecular complexity index is 1090. The Morgan fingerprint density at radius 2 is 1.82 bits per heavy atom. The van der Waals surface area contributed by atoms with Crippen LogP contribution in [0.2, 0.25) is 0 Å². The highest BCUT2D eigenvalue weighted by atomic mass is 16.2. The molecule has 0 bridgehead atoms. The molecule has 0 saturated carbocycles. The van der Waals surface area contributed by atoms with E-state index in [2.05, 4.69) is 10.9 Å². The monoisotopic (exact) mass is 376 g/mol. The van der Waals surface area contributed by atoms with Crippen molar-refractivity contribution in [3.63, 3.8) is 0 Å². The largest absolute Gasteiger partial charge is 0.350 e. The third-order valence-corrected chi connectivity index (χ3v) is 5.27. The molecule has 3 aromatic rings. The predicted molar refractivity (Wildman–Crippen MR) is 104 cm³/mol. The Morgan fingerprint density at radius 3 is 2.61 bits per heavy atom. The van der Waals surface area contributed by atoms with E-state index in [9.17, 15) is 14.4 Å². The van der Waals surface area contributed by atoms with Gasteiger partial charge in [-0.1, -0.05) is 36.4 Å². The van der Waals surface area contributed by atoms with Gasteiger partial charge in [-0.25, -0.2) is 0 Å². The number of carbonyl (C=O) groups is 3. The summed E-state index contributed by atoms with van der Waals surface area (Å²) in [6, 6.07) is 14.2. The summed E-state index contributed by atoms with van der Waals surface area (Å²) in [5.41, 5.74) is 7.93. The topological polar surface area (TPSA) is 83.4 Å². The number of fused-ring (bicyclic) bond motifs is 2. The first-order chi connectivity index (χ1) is 13.5. The second kappa shape index (κ2) is 6.84. The van der Waals surface area contributed by atoms with E-state index in [0.717, 1.165) is 22.0 Å². The van der Waals surface area contributed by atoms with E-state index in [0.29, 0.717) is 12.0 Å². The molecule has 28 heavy (non-hydrogen) atoms. The van der Waals surface area contributed by atoms with Gasteiger partial charge in [-0.3, -0.25) is 25.2 Å². The van der Waals surface area contributed by atoms with Gasteiger partial charge >= 0.3 is 0 Å². The molecule has 3 amide bonds. The van der Waals surface area contributed by atoms with Crippen molar-refractivity contribution in [3.8, 4) is 0 Å². The molecule has 1 aromatic heterocycles. The number of aromatic nitrogens is 1. The minimum atomic E-state index is -0.781. The van der Waals surface area contributed by atoms with Gasteiger partial charge in [0.1, 0.15) is 6.04 Å². The van der Waals surface area contributed by atoms with Crippen molar-refractivity contribution >= 4 is 29.1 Å². The molecule has 2 aromatic carbocycles. The highest BCUT2D eigenvalue weighted by Crippen LogP contribution is 2.42. The van der Waals surface area contributed by atoms with Crippen LogP contribution in [0.3, 0.4) is 0 Å². The molecule has 1 aliphatic heterocycles. The zero-order valence-electron chi connectivity index (χ0n) is 15.5. The molecular weight excluding hydrogens is 356 g/mol. The maximum Gasteiger partial charge on any atom is 0.260 e. The molecule has 0 spiro atoms. The van der Waals surface area contributed by atoms with Gasteiger partial charge in [-0.2, -0.15) is 0 Å². The average molecular weight is 376 g/mol. The molecule has 7 heteroatoms. The number of amides is 3. The van der Waals surface area contributed by atoms with Gasteiger partial charge in [0, 0.05) is 35.3 Å². The Labute approximate surface area is 161 Å². The number of hydrazine groups is 1. The van der Waals surface area contributed by atoms with E-state index < -0.39 is 18.0 Å². The molecule has 0 saturated heterocycles. The van der Waals surface area contributed by atoms with Crippen LogP contribution in [0, 0.1) is 0 Å². The highest BCUT2D eigenvalue weighted by molar-refractivity contribution is 6.03. The summed E-state index contributed by atoms with van der Waals surface area (Å²) in [5.74, 6) is -0.666. The lowest BCUT2D eigenvalue weighted by Gasteiger charge is -2.30. The van der Waals surface area contributed by atoms with Crippen LogP contribution in [-0.4, -0.2) is 33.7 Å². The normalized spacial score (nSPS) is 16.7. The molecule has 2 unspecified atom stereocenters. The van der Waals surface area contributed by atoms with Crippen molar-refractivity contribution in [3.05, 3.63) is 71.4 Å². The molecule has 0 radical (unpaired) electrons. The van der Waals surface area contributed by atoms with E-state index in [4.69, 9.17) is 0 Å². The van der Waals surface area contributed by atoms with Gasteiger partial charge in [0.05, 0.1) is 6.04 Å². The zero-order valence-corrected chi connectivity index (χ0v) is 15.5. The Hall–Kier alpha value is -3.61. The number of nitrogens with zero attached hydrogens (tertiary/aromatic N) is 2. The third kappa shape index (κ3) is 2.63. The Balaban J connectivity index is 1.86. The fourth-order valence-electron chi connectivity index (χ4n) is 3.98. The SMILES string of the molecule is CC(C(=O)NNC=O)N1C(=O)c2ccccc2C1c1cn(C)c2ccccc12. The smallest absolute Gasteiger partial charge is 0.260 e. The maximum atomic E-state index is 13.2. The molecule has 1 aliphatic rings. The molecule has 2 heterocycles. The summed E-state index contributed by atoms with van der Waals surface area (Å²) in [4.78, 5) is 37.8. The summed E-state index contributed by atoms with van der Waals surface area (Å²) in [6.45, 7) is 1.66. The molecule has 7 nitrogen and oxygen atoms in total. The van der Waals surface area contributed by atoms with E-state index in [1.807, 2.05) is 60.3 Å². The number of aryl methyl sites for hydroxylation is 1. The van der Waals surface area contributed by atoms with Crippen LogP contribution < -0.4 is 10.9 Å². The number of rotatable bonds is 5. The first-order valence-electron chi connectivity index (χ1n) is 8.99. The lowest BCUT2D eigenvalue weighted by atomic mass is 9.97. The van der Waals surface area contributed by atoms with Crippen LogP contribution in [0.25, 0.3) is 10.9 Å². The highest BCUT2D eigenvalue weighted by Gasteiger charge is 2.43. The second-order valence-electron chi connectivity index (χ2n) is 6.84. The standard InChI is InChI=1S/C21H20N4O3/c1-13(20(27)23-22-12-26)25-19(15-8-3-4-9-16(15)21(25)28)17-11-24(2)18-10-6-5-7-14(17)18/h3-13,19H,1-2H3,(H,22,26)(H,23,27). The zero-order chi connectivity index (χ0) is 19.8. The minimum absolute atomic E-state index is 0.206. The van der Waals surface area contributed by atoms with E-state index in [-0.39, 0.29) is 5.91 Å². The van der Waals surface area contributed by atoms with Gasteiger partial charge in [-0.15, -0.1) is 0 Å². The number of carbonyl (C=O) groups excluding carboxylic acids is 3. The quantitative estimate of drug-likeness (QED) is 0.527. The van der Waals surface area contributed by atoms with Crippen LogP contribution in [0.1, 0.15) is 34.5 Å². The lowest BCUT2D eigenvalue weighted by molar-refractivity contribution is -0.128. The van der Waals surface area contributed by atoms with Crippen molar-refractivity contribution in [2.45, 2.75) is 19.0 Å². The number of hydrogen-bond acceptors (Lipinski definition) is 3. The Kier molecular flexibility index (Phi) is 4.35. The maximum absolute atomic E-state index is 13.2. The molecular formula is C21H20N4O3. The van der Waals surface area contributed by atoms with Gasteiger partial charge < -0.3 is 9.47 Å². The van der Waals surface area contributed by atoms with Crippen LogP contribution in [0.4, 0.5) is 0 Å². The van der Waals surface area contributed by atoms with Gasteiger partial charge in [0.25, 0.3) is 11.8 Å². The van der Waals surface area contributed by atoms with E-state index in [1.54, 1.807) is 17.9 Å². The summed E-state index contributed by atoms with van der Waals surface area (Å²) < 4.78 is 2.02. The summed E-state index contributed by atoms with van der Waals surface area (Å²) in [5, 5.41) is 1.03. The van der Waals surface area contributed by atoms with Gasteiger partial charge in [0.2, 0.25) is 6.41 Å². The van der Waals surface area contributed by atoms with Crippen LogP contribution >= 0.6 is 0 Å². The summed E-state index contributed by atoms with van der Waals surface area (Å²) in [7, 11) is 1.96. The fourth-order valence-corrected chi connectivity index (χ4v) is 3.98. The molecule has 4 rings (SSSR count). The van der Waals surface area contributed by atoms with Crippen molar-refractivity contribution in [1.29, 1.82) is 0 Å². The lowest BCUT2D eigenvalue weighted by Crippen LogP contribution is -2.50. The number of nitrogens with one attached hydrogen (secondary N) is 2. The van der Waals surface area contributed by atoms with E-state index in [1.165, 1.54) is 0 Å². The number of hydrogen-bond donors (Lipinski definition) is 2. The molecule has 2 atom stereocenters. The number of para-hydroxylation sites is 1. The van der Waals surface area contributed by atoms with E-state index >= 15 is 0 Å². The summed E-state index contributed by atoms with van der Waals surface area (Å²) in [6.07, 6.45) is 2.39. The van der Waals surface area contributed by atoms with Crippen molar-refractivity contribution in [2.75, 3.05) is 0 Å². The van der Waals surface area contributed by atoms with Crippen LogP contribution in [0.15, 0.2) is 54.7 Å². The first kappa shape index (κ1) is 17.8. The predicted octanol–water partition coefficient (Wildman–Crippen LogP) is 1.89. The first-order valence-corrected chi connectivity index (χ1v) is 8.99. The van der Waals surface area contributed by atoms with Crippen LogP contribution in [-0.2, 0) is 16.6 Å².